The molecule has 0 unspecified atom stereocenters. The third-order valence-corrected chi connectivity index (χ3v) is 9.58. The smallest absolute Gasteiger partial charge is 0.255 e. The maximum absolute atomic E-state index is 14.3. The number of likely N-dealkylation sites (N-methyl/N-ethyl adjacent to an activating group) is 1. The van der Waals surface area contributed by atoms with Crippen LogP contribution in [0.15, 0.2) is 41.2 Å². The average Bonchev–Trinajstić information content (AvgIpc) is 2.93. The zero-order valence-corrected chi connectivity index (χ0v) is 27.6. The molecule has 1 saturated carbocycles. The highest BCUT2D eigenvalue weighted by atomic mass is 16.5. The molecule has 5 rings (SSSR count). The molecular weight excluding hydrogens is 590 g/mol. The molecular formula is C35H43N3O8. The Balaban J connectivity index is 1.83. The molecule has 0 radical (unpaired) electrons. The van der Waals surface area contributed by atoms with Gasteiger partial charge in [0.05, 0.1) is 18.7 Å². The predicted molar refractivity (Wildman–Crippen MR) is 172 cm³/mol. The minimum atomic E-state index is -2.70. The number of fused-ring (bicyclic) bond motifs is 3. The number of carbonyl (C=O) groups excluding carboxylic acids is 3. The minimum absolute atomic E-state index is 0.00475. The fourth-order valence-corrected chi connectivity index (χ4v) is 7.55. The number of benzene rings is 2. The first-order chi connectivity index (χ1) is 21.4. The number of aromatic hydroxyl groups is 1. The Bertz CT molecular complexity index is 1730. The molecule has 0 bridgehead atoms. The van der Waals surface area contributed by atoms with E-state index >= 15 is 0 Å². The van der Waals surface area contributed by atoms with Gasteiger partial charge in [0.25, 0.3) is 5.91 Å². The van der Waals surface area contributed by atoms with Crippen molar-refractivity contribution < 1.29 is 39.5 Å². The van der Waals surface area contributed by atoms with Crippen molar-refractivity contribution in [2.24, 2.45) is 17.6 Å². The molecule has 3 aliphatic rings. The monoisotopic (exact) mass is 633 g/mol. The largest absolute Gasteiger partial charge is 0.508 e. The van der Waals surface area contributed by atoms with Gasteiger partial charge in [-0.05, 0) is 87.3 Å². The molecule has 2 aromatic rings. The first-order valence-corrected chi connectivity index (χ1v) is 15.2. The van der Waals surface area contributed by atoms with Crippen molar-refractivity contribution >= 4 is 23.2 Å². The summed E-state index contributed by atoms with van der Waals surface area (Å²) in [6.07, 6.45) is 0.174. The number of methoxy groups -OCH3 is 1. The predicted octanol–water partition coefficient (Wildman–Crippen LogP) is 3.00. The summed E-state index contributed by atoms with van der Waals surface area (Å²) in [5.41, 5.74) is 4.73. The van der Waals surface area contributed by atoms with Crippen molar-refractivity contribution in [1.82, 2.24) is 9.80 Å². The molecule has 6 N–H and O–H groups in total. The van der Waals surface area contributed by atoms with Gasteiger partial charge in [-0.2, -0.15) is 0 Å². The molecule has 4 atom stereocenters. The highest BCUT2D eigenvalue weighted by Gasteiger charge is 2.64. The standard InChI is InChI=1S/C35H43N3O8/c1-34(2,3)22-14-18(19-11-16(15-37(4)5)9-10-23(19)46-8)20-12-17-13-21-27(38(6)7)30(41)26(33(36)44)32(43)35(21,45)31(42)24(17)29(40)25(20)28(22)39/h9-11,14,17,21,27,39-40,43,45H,12-13,15H2,1-8H3,(H2,36,44)/t17-,21-,27-,35-/m1/s1. The van der Waals surface area contributed by atoms with Crippen LogP contribution < -0.4 is 10.5 Å². The van der Waals surface area contributed by atoms with E-state index < -0.39 is 63.5 Å². The Hall–Kier alpha value is -4.19. The summed E-state index contributed by atoms with van der Waals surface area (Å²) in [6.45, 7) is 6.41. The number of aliphatic hydroxyl groups is 3. The minimum Gasteiger partial charge on any atom is -0.508 e. The lowest BCUT2D eigenvalue weighted by Crippen LogP contribution is -2.65. The second kappa shape index (κ2) is 11.3. The number of phenolic OH excluding ortho intramolecular Hbond substituents is 1. The maximum atomic E-state index is 14.3. The van der Waals surface area contributed by atoms with Crippen LogP contribution in [0.2, 0.25) is 0 Å². The fourth-order valence-electron chi connectivity index (χ4n) is 7.55. The summed E-state index contributed by atoms with van der Waals surface area (Å²) in [5.74, 6) is -6.22. The Kier molecular flexibility index (Phi) is 8.12. The Labute approximate surface area is 268 Å². The first kappa shape index (κ1) is 33.2. The average molecular weight is 634 g/mol. The van der Waals surface area contributed by atoms with Crippen LogP contribution in [0.25, 0.3) is 16.9 Å². The molecule has 246 valence electrons. The molecule has 0 aliphatic heterocycles. The van der Waals surface area contributed by atoms with Crippen LogP contribution in [-0.2, 0) is 32.8 Å². The van der Waals surface area contributed by atoms with Gasteiger partial charge in [0.2, 0.25) is 5.78 Å². The summed E-state index contributed by atoms with van der Waals surface area (Å²) >= 11 is 0. The summed E-state index contributed by atoms with van der Waals surface area (Å²) in [7, 11) is 8.65. The maximum Gasteiger partial charge on any atom is 0.255 e. The number of hydrogen-bond donors (Lipinski definition) is 5. The van der Waals surface area contributed by atoms with Crippen molar-refractivity contribution in [3.63, 3.8) is 0 Å². The Morgan fingerprint density at radius 3 is 2.26 bits per heavy atom. The summed E-state index contributed by atoms with van der Waals surface area (Å²) < 4.78 is 5.78. The number of nitrogens with two attached hydrogens (primary N) is 1. The van der Waals surface area contributed by atoms with Gasteiger partial charge in [-0.15, -0.1) is 0 Å². The number of phenols is 1. The van der Waals surface area contributed by atoms with E-state index in [0.29, 0.717) is 29.0 Å². The van der Waals surface area contributed by atoms with Gasteiger partial charge in [-0.25, -0.2) is 0 Å². The summed E-state index contributed by atoms with van der Waals surface area (Å²) in [6, 6.07) is 6.59. The van der Waals surface area contributed by atoms with Crippen molar-refractivity contribution in [3.8, 4) is 22.6 Å². The molecule has 46 heavy (non-hydrogen) atoms. The topological polar surface area (TPSA) is 174 Å². The lowest BCUT2D eigenvalue weighted by atomic mass is 9.57. The molecule has 11 heteroatoms. The van der Waals surface area contributed by atoms with Crippen LogP contribution in [0.3, 0.4) is 0 Å². The normalized spacial score (nSPS) is 24.7. The number of Topliss-reactive ketones (excluding diaryl/α,β-unsaturated/α-hetero) is 2. The molecule has 11 nitrogen and oxygen atoms in total. The van der Waals surface area contributed by atoms with E-state index in [1.165, 1.54) is 4.90 Å². The Morgan fingerprint density at radius 2 is 1.72 bits per heavy atom. The molecule has 1 fully saturated rings. The number of primary amides is 1. The molecule has 1 amide bonds. The zero-order chi connectivity index (χ0) is 34.2. The van der Waals surface area contributed by atoms with Crippen LogP contribution in [-0.4, -0.2) is 94.6 Å². The van der Waals surface area contributed by atoms with Gasteiger partial charge in [0.15, 0.2) is 11.4 Å². The van der Waals surface area contributed by atoms with E-state index in [1.807, 2.05) is 64.0 Å². The van der Waals surface area contributed by atoms with Gasteiger partial charge in [0.1, 0.15) is 28.6 Å². The SMILES string of the molecule is COc1ccc(CN(C)C)cc1-c1cc(C(C)(C)C)c(O)c2c1C[C@@H]1C[C@@H]3[C@@H](N(C)C)C(=O)C(C(N)=O)=C(O)[C@]3(O)C(=O)C1=C2O. The molecule has 0 heterocycles. The van der Waals surface area contributed by atoms with Gasteiger partial charge >= 0.3 is 0 Å². The van der Waals surface area contributed by atoms with Crippen molar-refractivity contribution in [2.75, 3.05) is 35.3 Å². The quantitative estimate of drug-likeness (QED) is 0.298. The second-order valence-electron chi connectivity index (χ2n) is 14.2. The number of nitrogens with zero attached hydrogens (tertiary/aromatic N) is 2. The molecule has 3 aliphatic carbocycles. The van der Waals surface area contributed by atoms with Crippen molar-refractivity contribution in [1.29, 1.82) is 0 Å². The van der Waals surface area contributed by atoms with E-state index in [2.05, 4.69) is 0 Å². The van der Waals surface area contributed by atoms with E-state index in [4.69, 9.17) is 10.5 Å². The van der Waals surface area contributed by atoms with Gasteiger partial charge in [0, 0.05) is 29.2 Å². The van der Waals surface area contributed by atoms with Crippen LogP contribution in [0.4, 0.5) is 0 Å². The summed E-state index contributed by atoms with van der Waals surface area (Å²) in [4.78, 5) is 43.6. The Morgan fingerprint density at radius 1 is 1.07 bits per heavy atom. The number of carbonyl (C=O) groups is 3. The number of rotatable bonds is 6. The number of ketones is 2. The van der Waals surface area contributed by atoms with Gasteiger partial charge < -0.3 is 35.8 Å². The number of hydrogen-bond acceptors (Lipinski definition) is 10. The highest BCUT2D eigenvalue weighted by Crippen LogP contribution is 2.55. The third kappa shape index (κ3) is 4.88. The third-order valence-electron chi connectivity index (χ3n) is 9.58. The molecule has 0 spiro atoms. The number of aliphatic hydroxyl groups excluding tert-OH is 2. The number of ether oxygens (including phenoxy) is 1. The number of amides is 1. The molecule has 0 aromatic heterocycles. The van der Waals surface area contributed by atoms with Crippen molar-refractivity contribution in [3.05, 3.63) is 63.4 Å². The molecule has 2 aromatic carbocycles. The van der Waals surface area contributed by atoms with Crippen LogP contribution in [0, 0.1) is 11.8 Å². The molecule has 0 saturated heterocycles. The van der Waals surface area contributed by atoms with Crippen molar-refractivity contribution in [2.45, 2.75) is 57.2 Å². The van der Waals surface area contributed by atoms with E-state index in [0.717, 1.165) is 11.1 Å². The second-order valence-corrected chi connectivity index (χ2v) is 14.2. The fraction of sp³-hybridized carbons (Fsp3) is 0.457. The van der Waals surface area contributed by atoms with Gasteiger partial charge in [-0.1, -0.05) is 26.8 Å². The zero-order valence-electron chi connectivity index (χ0n) is 27.6. The van der Waals surface area contributed by atoms with Crippen LogP contribution in [0.1, 0.15) is 49.4 Å². The lowest BCUT2D eigenvalue weighted by Gasteiger charge is -2.50. The summed E-state index contributed by atoms with van der Waals surface area (Å²) in [5, 5.41) is 46.8. The van der Waals surface area contributed by atoms with Crippen LogP contribution >= 0.6 is 0 Å². The first-order valence-electron chi connectivity index (χ1n) is 15.2. The highest BCUT2D eigenvalue weighted by molar-refractivity contribution is 6.24. The van der Waals surface area contributed by atoms with Crippen LogP contribution in [0.5, 0.6) is 11.5 Å². The lowest BCUT2D eigenvalue weighted by molar-refractivity contribution is -0.153. The van der Waals surface area contributed by atoms with E-state index in [1.54, 1.807) is 21.2 Å². The van der Waals surface area contributed by atoms with Gasteiger partial charge in [-0.3, -0.25) is 19.3 Å². The van der Waals surface area contributed by atoms with E-state index in [9.17, 15) is 34.8 Å². The van der Waals surface area contributed by atoms with E-state index in [-0.39, 0.29) is 29.7 Å².